The highest BCUT2D eigenvalue weighted by atomic mass is 19.1. The van der Waals surface area contributed by atoms with E-state index in [1.54, 1.807) is 18.3 Å². The summed E-state index contributed by atoms with van der Waals surface area (Å²) in [6, 6.07) is 14.5. The normalized spacial score (nSPS) is 26.2. The first-order valence-corrected chi connectivity index (χ1v) is 11.0. The Morgan fingerprint density at radius 3 is 2.34 bits per heavy atom. The van der Waals surface area contributed by atoms with Crippen molar-refractivity contribution in [1.29, 1.82) is 0 Å². The Labute approximate surface area is 184 Å². The molecule has 0 spiro atoms. The quantitative estimate of drug-likeness (QED) is 0.355. The van der Waals surface area contributed by atoms with Crippen LogP contribution in [-0.4, -0.2) is 27.6 Å². The highest BCUT2D eigenvalue weighted by Gasteiger charge is 2.59. The molecular weight excluding hydrogens is 405 g/mol. The lowest BCUT2D eigenvalue weighted by atomic mass is 9.85. The molecule has 2 aliphatic carbocycles. The number of hydrazone groups is 1. The number of rotatable bonds is 4. The zero-order valence-electron chi connectivity index (χ0n) is 17.6. The molecule has 3 aliphatic rings. The Bertz CT molecular complexity index is 1290. The molecule has 1 saturated heterocycles. The number of halogens is 1. The number of imide groups is 1. The van der Waals surface area contributed by atoms with Crippen molar-refractivity contribution in [2.45, 2.75) is 19.9 Å². The van der Waals surface area contributed by atoms with Crippen molar-refractivity contribution in [3.63, 3.8) is 0 Å². The molecule has 0 N–H and O–H groups in total. The molecule has 3 aromatic rings. The molecule has 1 aliphatic heterocycles. The highest BCUT2D eigenvalue weighted by molar-refractivity contribution is 6.08. The Morgan fingerprint density at radius 1 is 1.00 bits per heavy atom. The summed E-state index contributed by atoms with van der Waals surface area (Å²) in [7, 11) is 0. The standard InChI is InChI=1S/C26H22FN3O2/c1-15-21(13-28-30-25(31)23-17-8-9-18(12-17)24(23)26(30)32)20-4-2-3-5-22(20)29(15)14-16-6-10-19(27)11-7-16/h2-11,13,17-18,23-24H,12,14H2,1H3. The molecule has 1 aromatic heterocycles. The van der Waals surface area contributed by atoms with Gasteiger partial charge in [-0.25, -0.2) is 4.39 Å². The van der Waals surface area contributed by atoms with E-state index in [9.17, 15) is 14.0 Å². The summed E-state index contributed by atoms with van der Waals surface area (Å²) in [5.41, 5.74) is 3.86. The van der Waals surface area contributed by atoms with Crippen molar-refractivity contribution in [3.05, 3.63) is 83.3 Å². The van der Waals surface area contributed by atoms with Crippen LogP contribution in [0.4, 0.5) is 4.39 Å². The summed E-state index contributed by atoms with van der Waals surface area (Å²) in [6.45, 7) is 2.58. The zero-order chi connectivity index (χ0) is 22.0. The van der Waals surface area contributed by atoms with Crippen molar-refractivity contribution >= 4 is 28.9 Å². The number of carbonyl (C=O) groups excluding carboxylic acids is 2. The minimum Gasteiger partial charge on any atom is -0.340 e. The van der Waals surface area contributed by atoms with Crippen LogP contribution in [0.15, 0.2) is 65.8 Å². The van der Waals surface area contributed by atoms with Gasteiger partial charge in [0.25, 0.3) is 11.8 Å². The molecule has 5 nitrogen and oxygen atoms in total. The van der Waals surface area contributed by atoms with Gasteiger partial charge in [0.1, 0.15) is 5.82 Å². The Balaban J connectivity index is 1.35. The number of hydrogen-bond donors (Lipinski definition) is 0. The number of fused-ring (bicyclic) bond motifs is 6. The van der Waals surface area contributed by atoms with Crippen LogP contribution in [0.3, 0.4) is 0 Å². The van der Waals surface area contributed by atoms with E-state index in [-0.39, 0.29) is 41.3 Å². The molecule has 4 unspecified atom stereocenters. The predicted octanol–water partition coefficient (Wildman–Crippen LogP) is 4.28. The molecule has 6 heteroatoms. The highest BCUT2D eigenvalue weighted by Crippen LogP contribution is 2.52. The minimum absolute atomic E-state index is 0.168. The van der Waals surface area contributed by atoms with Gasteiger partial charge in [-0.05, 0) is 48.9 Å². The molecule has 32 heavy (non-hydrogen) atoms. The van der Waals surface area contributed by atoms with E-state index in [0.717, 1.165) is 39.2 Å². The van der Waals surface area contributed by atoms with Crippen LogP contribution in [0, 0.1) is 36.4 Å². The van der Waals surface area contributed by atoms with Crippen LogP contribution < -0.4 is 0 Å². The second kappa shape index (κ2) is 6.99. The van der Waals surface area contributed by atoms with Gasteiger partial charge >= 0.3 is 0 Å². The number of hydrogen-bond acceptors (Lipinski definition) is 3. The van der Waals surface area contributed by atoms with E-state index in [0.29, 0.717) is 6.54 Å². The number of nitrogens with zero attached hydrogens (tertiary/aromatic N) is 3. The van der Waals surface area contributed by atoms with Crippen LogP contribution in [0.5, 0.6) is 0 Å². The Kier molecular flexibility index (Phi) is 4.18. The van der Waals surface area contributed by atoms with Gasteiger partial charge in [0, 0.05) is 28.7 Å². The van der Waals surface area contributed by atoms with Gasteiger partial charge < -0.3 is 4.57 Å². The summed E-state index contributed by atoms with van der Waals surface area (Å²) in [6.07, 6.45) is 6.71. The lowest BCUT2D eigenvalue weighted by molar-refractivity contribution is -0.140. The fourth-order valence-corrected chi connectivity index (χ4v) is 5.71. The fourth-order valence-electron chi connectivity index (χ4n) is 5.71. The molecular formula is C26H22FN3O2. The fraction of sp³-hybridized carbons (Fsp3) is 0.269. The first-order valence-electron chi connectivity index (χ1n) is 11.0. The molecule has 160 valence electrons. The van der Waals surface area contributed by atoms with E-state index < -0.39 is 0 Å². The zero-order valence-corrected chi connectivity index (χ0v) is 17.6. The van der Waals surface area contributed by atoms with Crippen molar-refractivity contribution in [3.8, 4) is 0 Å². The molecule has 2 heterocycles. The second-order valence-corrected chi connectivity index (χ2v) is 8.96. The third kappa shape index (κ3) is 2.72. The van der Waals surface area contributed by atoms with Crippen LogP contribution in [0.1, 0.15) is 23.2 Å². The van der Waals surface area contributed by atoms with Gasteiger partial charge in [0.2, 0.25) is 0 Å². The van der Waals surface area contributed by atoms with Crippen LogP contribution in [-0.2, 0) is 16.1 Å². The monoisotopic (exact) mass is 427 g/mol. The van der Waals surface area contributed by atoms with Crippen molar-refractivity contribution < 1.29 is 14.0 Å². The summed E-state index contributed by atoms with van der Waals surface area (Å²) >= 11 is 0. The lowest BCUT2D eigenvalue weighted by Gasteiger charge is -2.13. The molecule has 2 aromatic carbocycles. The van der Waals surface area contributed by atoms with E-state index >= 15 is 0 Å². The number of benzene rings is 2. The largest absolute Gasteiger partial charge is 0.340 e. The van der Waals surface area contributed by atoms with Gasteiger partial charge in [-0.15, -0.1) is 0 Å². The first kappa shape index (κ1) is 19.2. The number of carbonyl (C=O) groups is 2. The van der Waals surface area contributed by atoms with Crippen LogP contribution >= 0.6 is 0 Å². The SMILES string of the molecule is Cc1c(C=NN2C(=O)C3C4C=CC(C4)C3C2=O)c2ccccc2n1Cc1ccc(F)cc1. The van der Waals surface area contributed by atoms with Gasteiger partial charge in [-0.1, -0.05) is 42.5 Å². The topological polar surface area (TPSA) is 54.7 Å². The van der Waals surface area contributed by atoms with Gasteiger partial charge in [0.05, 0.1) is 18.1 Å². The molecule has 6 rings (SSSR count). The molecule has 2 amide bonds. The maximum Gasteiger partial charge on any atom is 0.254 e. The van der Waals surface area contributed by atoms with Gasteiger partial charge in [-0.3, -0.25) is 9.59 Å². The predicted molar refractivity (Wildman–Crippen MR) is 119 cm³/mol. The summed E-state index contributed by atoms with van der Waals surface area (Å²) in [4.78, 5) is 25.9. The average molecular weight is 427 g/mol. The van der Waals surface area contributed by atoms with Gasteiger partial charge in [0.15, 0.2) is 0 Å². The van der Waals surface area contributed by atoms with Crippen molar-refractivity contribution in [2.24, 2.45) is 28.8 Å². The van der Waals surface area contributed by atoms with E-state index in [4.69, 9.17) is 0 Å². The maximum atomic E-state index is 13.3. The van der Waals surface area contributed by atoms with Crippen molar-refractivity contribution in [2.75, 3.05) is 0 Å². The molecule has 2 fully saturated rings. The molecule has 4 atom stereocenters. The van der Waals surface area contributed by atoms with E-state index in [2.05, 4.69) is 21.8 Å². The maximum absolute atomic E-state index is 13.3. The van der Waals surface area contributed by atoms with E-state index in [1.165, 1.54) is 12.1 Å². The van der Waals surface area contributed by atoms with Crippen LogP contribution in [0.25, 0.3) is 10.9 Å². The van der Waals surface area contributed by atoms with E-state index in [1.807, 2.05) is 31.2 Å². The number of aromatic nitrogens is 1. The molecule has 2 bridgehead atoms. The Hall–Kier alpha value is -3.54. The summed E-state index contributed by atoms with van der Waals surface area (Å²) in [5.74, 6) is -0.793. The third-order valence-corrected chi connectivity index (χ3v) is 7.28. The van der Waals surface area contributed by atoms with Gasteiger partial charge in [-0.2, -0.15) is 10.1 Å². The smallest absolute Gasteiger partial charge is 0.254 e. The van der Waals surface area contributed by atoms with Crippen LogP contribution in [0.2, 0.25) is 0 Å². The molecule has 1 saturated carbocycles. The van der Waals surface area contributed by atoms with Crippen molar-refractivity contribution in [1.82, 2.24) is 9.58 Å². The number of amides is 2. The molecule has 0 radical (unpaired) electrons. The third-order valence-electron chi connectivity index (χ3n) is 7.28. The number of para-hydroxylation sites is 1. The summed E-state index contributed by atoms with van der Waals surface area (Å²) < 4.78 is 15.5. The minimum atomic E-state index is -0.260. The first-order chi connectivity index (χ1) is 15.5. The lowest BCUT2D eigenvalue weighted by Crippen LogP contribution is -2.28. The summed E-state index contributed by atoms with van der Waals surface area (Å²) in [5, 5.41) is 6.48. The average Bonchev–Trinajstić information content (AvgIpc) is 3.53. The Morgan fingerprint density at radius 2 is 1.66 bits per heavy atom. The number of allylic oxidation sites excluding steroid dienone is 2. The second-order valence-electron chi connectivity index (χ2n) is 8.96.